The van der Waals surface area contributed by atoms with Gasteiger partial charge in [0.2, 0.25) is 0 Å². The van der Waals surface area contributed by atoms with Gasteiger partial charge in [-0.05, 0) is 23.6 Å². The van der Waals surface area contributed by atoms with Crippen molar-refractivity contribution in [1.29, 1.82) is 0 Å². The molecule has 0 aliphatic carbocycles. The smallest absolute Gasteiger partial charge is 0.337 e. The number of pyridine rings is 1. The summed E-state index contributed by atoms with van der Waals surface area (Å²) in [6.07, 6.45) is 5.01. The van der Waals surface area contributed by atoms with Crippen LogP contribution in [0.25, 0.3) is 5.82 Å². The maximum absolute atomic E-state index is 10.7. The third-order valence-electron chi connectivity index (χ3n) is 2.50. The van der Waals surface area contributed by atoms with Gasteiger partial charge in [0.25, 0.3) is 0 Å². The molecule has 0 spiro atoms. The first kappa shape index (κ1) is 11.3. The SMILES string of the molecule is CC(C)c1cnn(-c2ccc(C(=O)O)cn2)c1. The quantitative estimate of drug-likeness (QED) is 0.878. The minimum absolute atomic E-state index is 0.171. The highest BCUT2D eigenvalue weighted by Crippen LogP contribution is 2.14. The lowest BCUT2D eigenvalue weighted by atomic mass is 10.1. The number of hydrogen-bond donors (Lipinski definition) is 1. The molecule has 0 aliphatic rings. The Morgan fingerprint density at radius 2 is 2.12 bits per heavy atom. The average molecular weight is 231 g/mol. The van der Waals surface area contributed by atoms with Crippen LogP contribution in [0, 0.1) is 0 Å². The molecule has 2 aromatic rings. The summed E-state index contributed by atoms with van der Waals surface area (Å²) < 4.78 is 1.64. The molecule has 0 saturated carbocycles. The van der Waals surface area contributed by atoms with Crippen molar-refractivity contribution in [2.75, 3.05) is 0 Å². The fourth-order valence-electron chi connectivity index (χ4n) is 1.41. The van der Waals surface area contributed by atoms with Crippen LogP contribution in [0.2, 0.25) is 0 Å². The predicted octanol–water partition coefficient (Wildman–Crippen LogP) is 2.09. The van der Waals surface area contributed by atoms with Crippen molar-refractivity contribution in [1.82, 2.24) is 14.8 Å². The monoisotopic (exact) mass is 231 g/mol. The van der Waals surface area contributed by atoms with Crippen LogP contribution in [0.4, 0.5) is 0 Å². The normalized spacial score (nSPS) is 10.8. The number of aromatic carboxylic acids is 1. The number of carbonyl (C=O) groups is 1. The van der Waals surface area contributed by atoms with Gasteiger partial charge in [-0.1, -0.05) is 13.8 Å². The molecule has 0 aromatic carbocycles. The first-order valence-corrected chi connectivity index (χ1v) is 5.32. The first-order valence-electron chi connectivity index (χ1n) is 5.32. The Morgan fingerprint density at radius 3 is 2.59 bits per heavy atom. The summed E-state index contributed by atoms with van der Waals surface area (Å²) in [6.45, 7) is 4.17. The Kier molecular flexibility index (Phi) is 2.91. The number of hydrogen-bond acceptors (Lipinski definition) is 3. The van der Waals surface area contributed by atoms with E-state index in [1.165, 1.54) is 12.3 Å². The molecule has 17 heavy (non-hydrogen) atoms. The highest BCUT2D eigenvalue weighted by Gasteiger charge is 2.07. The van der Waals surface area contributed by atoms with Gasteiger partial charge in [0.1, 0.15) is 0 Å². The number of carboxylic acid groups (broad SMARTS) is 1. The number of aromatic nitrogens is 3. The van der Waals surface area contributed by atoms with Crippen LogP contribution in [-0.4, -0.2) is 25.8 Å². The van der Waals surface area contributed by atoms with Gasteiger partial charge < -0.3 is 5.11 Å². The van der Waals surface area contributed by atoms with Gasteiger partial charge in [-0.15, -0.1) is 0 Å². The maximum atomic E-state index is 10.7. The molecule has 5 heteroatoms. The summed E-state index contributed by atoms with van der Waals surface area (Å²) in [5.41, 5.74) is 1.29. The Bertz CT molecular complexity index is 529. The molecule has 2 heterocycles. The summed E-state index contributed by atoms with van der Waals surface area (Å²) in [6, 6.07) is 3.15. The molecular formula is C12H13N3O2. The standard InChI is InChI=1S/C12H13N3O2/c1-8(2)10-6-14-15(7-10)11-4-3-9(5-13-11)12(16)17/h3-8H,1-2H3,(H,16,17). The molecule has 5 nitrogen and oxygen atoms in total. The molecular weight excluding hydrogens is 218 g/mol. The summed E-state index contributed by atoms with van der Waals surface area (Å²) in [7, 11) is 0. The lowest BCUT2D eigenvalue weighted by Gasteiger charge is -2.01. The zero-order chi connectivity index (χ0) is 12.4. The van der Waals surface area contributed by atoms with Crippen LogP contribution < -0.4 is 0 Å². The minimum Gasteiger partial charge on any atom is -0.478 e. The second-order valence-electron chi connectivity index (χ2n) is 4.08. The van der Waals surface area contributed by atoms with E-state index in [9.17, 15) is 4.79 Å². The highest BCUT2D eigenvalue weighted by atomic mass is 16.4. The van der Waals surface area contributed by atoms with Gasteiger partial charge in [-0.3, -0.25) is 0 Å². The van der Waals surface area contributed by atoms with Crippen molar-refractivity contribution in [3.05, 3.63) is 41.9 Å². The van der Waals surface area contributed by atoms with Crippen LogP contribution in [-0.2, 0) is 0 Å². The van der Waals surface area contributed by atoms with Crippen molar-refractivity contribution >= 4 is 5.97 Å². The fraction of sp³-hybridized carbons (Fsp3) is 0.250. The molecule has 88 valence electrons. The molecule has 0 atom stereocenters. The second kappa shape index (κ2) is 4.37. The van der Waals surface area contributed by atoms with E-state index >= 15 is 0 Å². The largest absolute Gasteiger partial charge is 0.478 e. The van der Waals surface area contributed by atoms with E-state index in [-0.39, 0.29) is 5.56 Å². The summed E-state index contributed by atoms with van der Waals surface area (Å²) in [4.78, 5) is 14.7. The molecule has 2 rings (SSSR count). The highest BCUT2D eigenvalue weighted by molar-refractivity contribution is 5.87. The van der Waals surface area contributed by atoms with E-state index in [1.807, 2.05) is 6.20 Å². The zero-order valence-corrected chi connectivity index (χ0v) is 9.66. The van der Waals surface area contributed by atoms with Gasteiger partial charge >= 0.3 is 5.97 Å². The Labute approximate surface area is 98.7 Å². The van der Waals surface area contributed by atoms with Gasteiger partial charge in [0.15, 0.2) is 5.82 Å². The lowest BCUT2D eigenvalue weighted by Crippen LogP contribution is -2.01. The summed E-state index contributed by atoms with van der Waals surface area (Å²) in [5.74, 6) is 0.0383. The molecule has 0 amide bonds. The van der Waals surface area contributed by atoms with E-state index < -0.39 is 5.97 Å². The van der Waals surface area contributed by atoms with E-state index in [2.05, 4.69) is 23.9 Å². The van der Waals surface area contributed by atoms with E-state index in [0.717, 1.165) is 5.56 Å². The first-order chi connectivity index (χ1) is 8.08. The molecule has 0 saturated heterocycles. The second-order valence-corrected chi connectivity index (χ2v) is 4.08. The Morgan fingerprint density at radius 1 is 1.35 bits per heavy atom. The summed E-state index contributed by atoms with van der Waals surface area (Å²) >= 11 is 0. The number of nitrogens with zero attached hydrogens (tertiary/aromatic N) is 3. The van der Waals surface area contributed by atoms with Gasteiger partial charge in [-0.25, -0.2) is 14.5 Å². The van der Waals surface area contributed by atoms with Crippen LogP contribution in [0.15, 0.2) is 30.7 Å². The Hall–Kier alpha value is -2.17. The van der Waals surface area contributed by atoms with Crippen molar-refractivity contribution in [3.63, 3.8) is 0 Å². The lowest BCUT2D eigenvalue weighted by molar-refractivity contribution is 0.0696. The third-order valence-corrected chi connectivity index (χ3v) is 2.50. The van der Waals surface area contributed by atoms with Crippen molar-refractivity contribution in [2.24, 2.45) is 0 Å². The summed E-state index contributed by atoms with van der Waals surface area (Å²) in [5, 5.41) is 12.9. The van der Waals surface area contributed by atoms with Crippen LogP contribution in [0.1, 0.15) is 35.7 Å². The zero-order valence-electron chi connectivity index (χ0n) is 9.66. The van der Waals surface area contributed by atoms with E-state index in [4.69, 9.17) is 5.11 Å². The molecule has 2 aromatic heterocycles. The van der Waals surface area contributed by atoms with Crippen LogP contribution >= 0.6 is 0 Å². The van der Waals surface area contributed by atoms with E-state index in [1.54, 1.807) is 16.9 Å². The average Bonchev–Trinajstić information content (AvgIpc) is 2.78. The minimum atomic E-state index is -0.979. The maximum Gasteiger partial charge on any atom is 0.337 e. The molecule has 0 bridgehead atoms. The fourth-order valence-corrected chi connectivity index (χ4v) is 1.41. The van der Waals surface area contributed by atoms with Gasteiger partial charge in [0.05, 0.1) is 11.8 Å². The van der Waals surface area contributed by atoms with Crippen LogP contribution in [0.5, 0.6) is 0 Å². The molecule has 0 fully saturated rings. The van der Waals surface area contributed by atoms with Crippen LogP contribution in [0.3, 0.4) is 0 Å². The van der Waals surface area contributed by atoms with Crippen molar-refractivity contribution in [2.45, 2.75) is 19.8 Å². The molecule has 0 unspecified atom stereocenters. The van der Waals surface area contributed by atoms with E-state index in [0.29, 0.717) is 11.7 Å². The van der Waals surface area contributed by atoms with Gasteiger partial charge in [0, 0.05) is 12.4 Å². The topological polar surface area (TPSA) is 68.0 Å². The van der Waals surface area contributed by atoms with Gasteiger partial charge in [-0.2, -0.15) is 5.10 Å². The third kappa shape index (κ3) is 2.33. The number of rotatable bonds is 3. The molecule has 1 N–H and O–H groups in total. The predicted molar refractivity (Wildman–Crippen MR) is 62.4 cm³/mol. The number of carboxylic acids is 1. The van der Waals surface area contributed by atoms with Crippen molar-refractivity contribution in [3.8, 4) is 5.82 Å². The van der Waals surface area contributed by atoms with Crippen molar-refractivity contribution < 1.29 is 9.90 Å². The Balaban J connectivity index is 2.30. The molecule has 0 aliphatic heterocycles. The molecule has 0 radical (unpaired) electrons.